The van der Waals surface area contributed by atoms with Crippen LogP contribution < -0.4 is 4.90 Å². The summed E-state index contributed by atoms with van der Waals surface area (Å²) in [5.41, 5.74) is 0.395. The molecule has 0 aliphatic carbocycles. The average molecular weight is 316 g/mol. The van der Waals surface area contributed by atoms with Crippen molar-refractivity contribution in [3.05, 3.63) is 30.4 Å². The third-order valence-corrected chi connectivity index (χ3v) is 3.17. The fourth-order valence-corrected chi connectivity index (χ4v) is 2.10. The summed E-state index contributed by atoms with van der Waals surface area (Å²) < 4.78 is 5.33. The number of anilines is 1. The third kappa shape index (κ3) is 4.17. The van der Waals surface area contributed by atoms with Gasteiger partial charge in [-0.2, -0.15) is 0 Å². The highest BCUT2D eigenvalue weighted by atomic mass is 16.6. The summed E-state index contributed by atoms with van der Waals surface area (Å²) in [6, 6.07) is 0. The predicted molar refractivity (Wildman–Crippen MR) is 86.5 cm³/mol. The van der Waals surface area contributed by atoms with Crippen molar-refractivity contribution < 1.29 is 14.3 Å². The molecule has 0 atom stereocenters. The molecule has 1 aliphatic rings. The number of aromatic nitrogens is 2. The Kier molecular flexibility index (Phi) is 4.81. The van der Waals surface area contributed by atoms with E-state index >= 15 is 0 Å². The first-order chi connectivity index (χ1) is 10.8. The van der Waals surface area contributed by atoms with E-state index in [1.54, 1.807) is 44.1 Å². The van der Waals surface area contributed by atoms with Crippen molar-refractivity contribution in [2.45, 2.75) is 26.4 Å². The second kappa shape index (κ2) is 6.62. The van der Waals surface area contributed by atoms with E-state index < -0.39 is 11.7 Å². The molecule has 2 heterocycles. The molecule has 0 spiro atoms. The maximum absolute atomic E-state index is 12.1. The van der Waals surface area contributed by atoms with Gasteiger partial charge in [-0.25, -0.2) is 14.6 Å². The predicted octanol–water partition coefficient (Wildman–Crippen LogP) is 1.89. The van der Waals surface area contributed by atoms with E-state index in [9.17, 15) is 9.59 Å². The van der Waals surface area contributed by atoms with E-state index in [-0.39, 0.29) is 6.54 Å². The lowest BCUT2D eigenvalue weighted by atomic mass is 10.2. The van der Waals surface area contributed by atoms with Crippen LogP contribution in [0.25, 0.3) is 6.08 Å². The van der Waals surface area contributed by atoms with Crippen LogP contribution in [0.2, 0.25) is 0 Å². The van der Waals surface area contributed by atoms with Gasteiger partial charge in [0, 0.05) is 13.1 Å². The lowest BCUT2D eigenvalue weighted by Crippen LogP contribution is -2.49. The molecular formula is C16H20N4O3. The van der Waals surface area contributed by atoms with Crippen molar-refractivity contribution in [1.82, 2.24) is 14.9 Å². The molecule has 0 saturated carbocycles. The van der Waals surface area contributed by atoms with Gasteiger partial charge >= 0.3 is 6.09 Å². The SMILES string of the molecule is C=Cc1cnc(N2CCN(C(=O)OC(C)(C)C)CC2=C=O)cn1. The number of ether oxygens (including phenoxy) is 1. The molecule has 7 nitrogen and oxygen atoms in total. The van der Waals surface area contributed by atoms with E-state index in [4.69, 9.17) is 4.74 Å². The minimum absolute atomic E-state index is 0.128. The Bertz CT molecular complexity index is 642. The Morgan fingerprint density at radius 2 is 2.09 bits per heavy atom. The molecule has 0 N–H and O–H groups in total. The van der Waals surface area contributed by atoms with Gasteiger partial charge in [0.25, 0.3) is 0 Å². The number of hydrogen-bond acceptors (Lipinski definition) is 6. The molecule has 1 amide bonds. The van der Waals surface area contributed by atoms with E-state index in [0.717, 1.165) is 0 Å². The highest BCUT2D eigenvalue weighted by molar-refractivity contribution is 5.72. The van der Waals surface area contributed by atoms with Crippen LogP contribution in [0, 0.1) is 0 Å². The fraction of sp³-hybridized carbons (Fsp3) is 0.438. The van der Waals surface area contributed by atoms with Crippen molar-refractivity contribution >= 4 is 23.9 Å². The molecule has 1 aliphatic heterocycles. The monoisotopic (exact) mass is 316 g/mol. The number of carbonyl (C=O) groups is 1. The molecule has 1 saturated heterocycles. The highest BCUT2D eigenvalue weighted by Gasteiger charge is 2.30. The number of hydrogen-bond donors (Lipinski definition) is 0. The topological polar surface area (TPSA) is 75.6 Å². The Morgan fingerprint density at radius 3 is 2.61 bits per heavy atom. The Hall–Kier alpha value is -2.66. The maximum Gasteiger partial charge on any atom is 0.410 e. The number of rotatable bonds is 2. The highest BCUT2D eigenvalue weighted by Crippen LogP contribution is 2.20. The maximum atomic E-state index is 12.1. The number of nitrogens with zero attached hydrogens (tertiary/aromatic N) is 4. The summed E-state index contributed by atoms with van der Waals surface area (Å²) >= 11 is 0. The van der Waals surface area contributed by atoms with Crippen molar-refractivity contribution in [3.63, 3.8) is 0 Å². The zero-order valence-electron chi connectivity index (χ0n) is 13.6. The third-order valence-electron chi connectivity index (χ3n) is 3.17. The van der Waals surface area contributed by atoms with Crippen LogP contribution in [0.4, 0.5) is 10.6 Å². The first-order valence-corrected chi connectivity index (χ1v) is 7.28. The number of carbonyl (C=O) groups excluding carboxylic acids is 2. The number of amides is 1. The first-order valence-electron chi connectivity index (χ1n) is 7.28. The standard InChI is InChI=1S/C16H20N4O3/c1-5-12-8-18-14(9-17-12)20-7-6-19(10-13(20)11-21)15(22)23-16(2,3)4/h5,8-9H,1,6-7,10H2,2-4H3. The van der Waals surface area contributed by atoms with Crippen LogP contribution in [-0.4, -0.2) is 52.1 Å². The van der Waals surface area contributed by atoms with E-state index in [1.807, 2.05) is 5.94 Å². The Labute approximate surface area is 135 Å². The smallest absolute Gasteiger partial charge is 0.410 e. The van der Waals surface area contributed by atoms with Crippen LogP contribution in [-0.2, 0) is 9.53 Å². The minimum Gasteiger partial charge on any atom is -0.444 e. The van der Waals surface area contributed by atoms with Crippen LogP contribution in [0.1, 0.15) is 26.5 Å². The van der Waals surface area contributed by atoms with Crippen LogP contribution in [0.3, 0.4) is 0 Å². The molecule has 7 heteroatoms. The summed E-state index contributed by atoms with van der Waals surface area (Å²) in [6.45, 7) is 9.99. The lowest BCUT2D eigenvalue weighted by molar-refractivity contribution is 0.0258. The Balaban J connectivity index is 2.11. The molecule has 122 valence electrons. The first kappa shape index (κ1) is 16.7. The van der Waals surface area contributed by atoms with Gasteiger partial charge < -0.3 is 9.64 Å². The van der Waals surface area contributed by atoms with Crippen LogP contribution in [0.15, 0.2) is 24.7 Å². The molecule has 0 radical (unpaired) electrons. The van der Waals surface area contributed by atoms with Crippen LogP contribution in [0.5, 0.6) is 0 Å². The lowest BCUT2D eigenvalue weighted by Gasteiger charge is -2.36. The van der Waals surface area contributed by atoms with Gasteiger partial charge in [0.05, 0.1) is 24.6 Å². The minimum atomic E-state index is -0.578. The van der Waals surface area contributed by atoms with Gasteiger partial charge in [-0.1, -0.05) is 6.58 Å². The Morgan fingerprint density at radius 1 is 1.35 bits per heavy atom. The largest absolute Gasteiger partial charge is 0.444 e. The second-order valence-corrected chi connectivity index (χ2v) is 6.11. The second-order valence-electron chi connectivity index (χ2n) is 6.11. The normalized spacial score (nSPS) is 15.2. The van der Waals surface area contributed by atoms with Gasteiger partial charge in [-0.05, 0) is 26.8 Å². The zero-order valence-corrected chi connectivity index (χ0v) is 13.6. The van der Waals surface area contributed by atoms with Gasteiger partial charge in [0.1, 0.15) is 17.2 Å². The molecule has 1 aromatic rings. The van der Waals surface area contributed by atoms with Crippen molar-refractivity contribution in [2.75, 3.05) is 24.5 Å². The molecule has 0 aromatic carbocycles. The summed E-state index contributed by atoms with van der Waals surface area (Å²) in [7, 11) is 0. The van der Waals surface area contributed by atoms with Gasteiger partial charge in [-0.3, -0.25) is 9.88 Å². The van der Waals surface area contributed by atoms with Gasteiger partial charge in [0.2, 0.25) is 0 Å². The molecule has 1 fully saturated rings. The van der Waals surface area contributed by atoms with E-state index in [2.05, 4.69) is 16.5 Å². The summed E-state index contributed by atoms with van der Waals surface area (Å²) in [6.07, 6.45) is 4.29. The quantitative estimate of drug-likeness (QED) is 0.776. The van der Waals surface area contributed by atoms with Gasteiger partial charge in [-0.15, -0.1) is 0 Å². The molecule has 23 heavy (non-hydrogen) atoms. The molecule has 0 bridgehead atoms. The number of piperazine rings is 1. The van der Waals surface area contributed by atoms with Crippen molar-refractivity contribution in [3.8, 4) is 0 Å². The summed E-state index contributed by atoms with van der Waals surface area (Å²) in [5, 5.41) is 0. The zero-order chi connectivity index (χ0) is 17.0. The van der Waals surface area contributed by atoms with E-state index in [1.165, 1.54) is 4.90 Å². The van der Waals surface area contributed by atoms with Crippen molar-refractivity contribution in [1.29, 1.82) is 0 Å². The average Bonchev–Trinajstić information content (AvgIpc) is 2.52. The molecule has 1 aromatic heterocycles. The summed E-state index contributed by atoms with van der Waals surface area (Å²) in [5.74, 6) is 2.42. The van der Waals surface area contributed by atoms with Gasteiger partial charge in [0.15, 0.2) is 5.82 Å². The fourth-order valence-electron chi connectivity index (χ4n) is 2.10. The van der Waals surface area contributed by atoms with Crippen LogP contribution >= 0.6 is 0 Å². The summed E-state index contributed by atoms with van der Waals surface area (Å²) in [4.78, 5) is 35.0. The van der Waals surface area contributed by atoms with E-state index in [0.29, 0.717) is 30.3 Å². The molecule has 0 unspecified atom stereocenters. The van der Waals surface area contributed by atoms with Crippen molar-refractivity contribution in [2.24, 2.45) is 0 Å². The molecular weight excluding hydrogens is 296 g/mol. The molecule has 2 rings (SSSR count).